The highest BCUT2D eigenvalue weighted by atomic mass is 16.5. The molecule has 0 fully saturated rings. The second-order valence-corrected chi connectivity index (χ2v) is 7.13. The number of carbonyl (C=O) groups is 2. The summed E-state index contributed by atoms with van der Waals surface area (Å²) in [5.41, 5.74) is 4.10. The van der Waals surface area contributed by atoms with Crippen LogP contribution in [0.2, 0.25) is 0 Å². The average Bonchev–Trinajstić information content (AvgIpc) is 2.58. The number of anilines is 1. The molecular weight excluding hydrogens is 340 g/mol. The van der Waals surface area contributed by atoms with Crippen LogP contribution < -0.4 is 15.4 Å². The first kappa shape index (κ1) is 20.5. The van der Waals surface area contributed by atoms with Crippen LogP contribution in [-0.4, -0.2) is 24.0 Å². The average molecular weight is 368 g/mol. The summed E-state index contributed by atoms with van der Waals surface area (Å²) in [5.74, 6) is 0.166. The summed E-state index contributed by atoms with van der Waals surface area (Å²) in [6.07, 6.45) is -0.703. The van der Waals surface area contributed by atoms with Crippen LogP contribution in [0.5, 0.6) is 5.75 Å². The fourth-order valence-corrected chi connectivity index (χ4v) is 2.73. The van der Waals surface area contributed by atoms with E-state index in [1.54, 1.807) is 31.2 Å². The lowest BCUT2D eigenvalue weighted by atomic mass is 10.1. The molecule has 0 saturated heterocycles. The Labute approximate surface area is 161 Å². The number of aryl methyl sites for hydroxylation is 2. The van der Waals surface area contributed by atoms with Crippen LogP contribution in [0.1, 0.15) is 47.8 Å². The van der Waals surface area contributed by atoms with Gasteiger partial charge < -0.3 is 15.4 Å². The van der Waals surface area contributed by atoms with Crippen LogP contribution in [0.25, 0.3) is 0 Å². The minimum Gasteiger partial charge on any atom is -0.481 e. The Morgan fingerprint density at radius 3 is 2.33 bits per heavy atom. The van der Waals surface area contributed by atoms with Gasteiger partial charge >= 0.3 is 0 Å². The number of hydrogen-bond acceptors (Lipinski definition) is 3. The molecule has 5 nitrogen and oxygen atoms in total. The van der Waals surface area contributed by atoms with Crippen LogP contribution in [0.3, 0.4) is 0 Å². The maximum atomic E-state index is 12.6. The standard InChI is InChI=1S/C22H28N2O3/c1-13(2)23-22(26)18-9-7-8-10-19(18)24-21(25)17(6)27-20-12-14(3)11-15(4)16(20)5/h7-13,17H,1-6H3,(H,23,26)(H,24,25)/t17-/m0/s1. The van der Waals surface area contributed by atoms with E-state index < -0.39 is 6.10 Å². The van der Waals surface area contributed by atoms with E-state index in [1.807, 2.05) is 40.7 Å². The predicted octanol–water partition coefficient (Wildman–Crippen LogP) is 4.16. The molecule has 2 amide bonds. The van der Waals surface area contributed by atoms with Crippen LogP contribution in [-0.2, 0) is 4.79 Å². The van der Waals surface area contributed by atoms with Crippen LogP contribution in [0.15, 0.2) is 36.4 Å². The van der Waals surface area contributed by atoms with E-state index in [9.17, 15) is 9.59 Å². The maximum absolute atomic E-state index is 12.6. The van der Waals surface area contributed by atoms with Crippen molar-refractivity contribution in [2.75, 3.05) is 5.32 Å². The van der Waals surface area contributed by atoms with E-state index in [2.05, 4.69) is 16.7 Å². The molecule has 2 aromatic rings. The molecule has 0 saturated carbocycles. The van der Waals surface area contributed by atoms with E-state index >= 15 is 0 Å². The molecule has 0 radical (unpaired) electrons. The summed E-state index contributed by atoms with van der Waals surface area (Å²) in [7, 11) is 0. The van der Waals surface area contributed by atoms with Gasteiger partial charge in [-0.3, -0.25) is 9.59 Å². The third-order valence-electron chi connectivity index (χ3n) is 4.29. The minimum atomic E-state index is -0.703. The first-order chi connectivity index (χ1) is 12.7. The Morgan fingerprint density at radius 2 is 1.67 bits per heavy atom. The third kappa shape index (κ3) is 5.33. The third-order valence-corrected chi connectivity index (χ3v) is 4.29. The van der Waals surface area contributed by atoms with Crippen molar-refractivity contribution in [3.05, 3.63) is 58.7 Å². The SMILES string of the molecule is Cc1cc(C)c(C)c(O[C@@H](C)C(=O)Nc2ccccc2C(=O)NC(C)C)c1. The molecule has 0 unspecified atom stereocenters. The molecule has 0 bridgehead atoms. The number of carbonyl (C=O) groups excluding carboxylic acids is 2. The Hall–Kier alpha value is -2.82. The molecule has 0 aromatic heterocycles. The highest BCUT2D eigenvalue weighted by Gasteiger charge is 2.19. The number of hydrogen-bond donors (Lipinski definition) is 2. The Bertz CT molecular complexity index is 843. The van der Waals surface area contributed by atoms with Crippen molar-refractivity contribution < 1.29 is 14.3 Å². The number of ether oxygens (including phenoxy) is 1. The number of rotatable bonds is 6. The zero-order chi connectivity index (χ0) is 20.1. The summed E-state index contributed by atoms with van der Waals surface area (Å²) in [6.45, 7) is 11.5. The van der Waals surface area contributed by atoms with Crippen LogP contribution >= 0.6 is 0 Å². The number of nitrogens with one attached hydrogen (secondary N) is 2. The van der Waals surface area contributed by atoms with Gasteiger partial charge in [-0.25, -0.2) is 0 Å². The van der Waals surface area contributed by atoms with Gasteiger partial charge in [0, 0.05) is 6.04 Å². The fourth-order valence-electron chi connectivity index (χ4n) is 2.73. The van der Waals surface area contributed by atoms with Gasteiger partial charge in [-0.05, 0) is 76.4 Å². The molecule has 2 N–H and O–H groups in total. The number of para-hydroxylation sites is 1. The Balaban J connectivity index is 2.15. The van der Waals surface area contributed by atoms with E-state index in [-0.39, 0.29) is 17.9 Å². The lowest BCUT2D eigenvalue weighted by Crippen LogP contribution is -2.33. The summed E-state index contributed by atoms with van der Waals surface area (Å²) >= 11 is 0. The van der Waals surface area contributed by atoms with E-state index in [4.69, 9.17) is 4.74 Å². The lowest BCUT2D eigenvalue weighted by Gasteiger charge is -2.19. The molecule has 144 valence electrons. The van der Waals surface area contributed by atoms with Gasteiger partial charge in [0.15, 0.2) is 6.10 Å². The van der Waals surface area contributed by atoms with Gasteiger partial charge in [0.25, 0.3) is 11.8 Å². The van der Waals surface area contributed by atoms with Crippen molar-refractivity contribution >= 4 is 17.5 Å². The zero-order valence-corrected chi connectivity index (χ0v) is 16.8. The highest BCUT2D eigenvalue weighted by molar-refractivity contribution is 6.04. The van der Waals surface area contributed by atoms with E-state index in [0.29, 0.717) is 17.0 Å². The van der Waals surface area contributed by atoms with Gasteiger partial charge in [0.05, 0.1) is 11.3 Å². The molecule has 0 spiro atoms. The van der Waals surface area contributed by atoms with Crippen molar-refractivity contribution in [3.63, 3.8) is 0 Å². The topological polar surface area (TPSA) is 67.4 Å². The highest BCUT2D eigenvalue weighted by Crippen LogP contribution is 2.25. The van der Waals surface area contributed by atoms with Crippen molar-refractivity contribution in [3.8, 4) is 5.75 Å². The van der Waals surface area contributed by atoms with Crippen molar-refractivity contribution in [2.24, 2.45) is 0 Å². The summed E-state index contributed by atoms with van der Waals surface area (Å²) in [4.78, 5) is 25.0. The smallest absolute Gasteiger partial charge is 0.265 e. The van der Waals surface area contributed by atoms with Crippen LogP contribution in [0.4, 0.5) is 5.69 Å². The zero-order valence-electron chi connectivity index (χ0n) is 16.8. The summed E-state index contributed by atoms with van der Waals surface area (Å²) in [6, 6.07) is 11.0. The quantitative estimate of drug-likeness (QED) is 0.805. The maximum Gasteiger partial charge on any atom is 0.265 e. The van der Waals surface area contributed by atoms with Crippen molar-refractivity contribution in [2.45, 2.75) is 53.7 Å². The second kappa shape index (κ2) is 8.71. The molecule has 2 aromatic carbocycles. The van der Waals surface area contributed by atoms with Crippen molar-refractivity contribution in [1.29, 1.82) is 0 Å². The molecule has 5 heteroatoms. The molecule has 0 heterocycles. The van der Waals surface area contributed by atoms with E-state index in [0.717, 1.165) is 16.7 Å². The summed E-state index contributed by atoms with van der Waals surface area (Å²) in [5, 5.41) is 5.65. The molecule has 0 aliphatic rings. The molecule has 0 aliphatic carbocycles. The van der Waals surface area contributed by atoms with E-state index in [1.165, 1.54) is 0 Å². The lowest BCUT2D eigenvalue weighted by molar-refractivity contribution is -0.122. The molecule has 2 rings (SSSR count). The monoisotopic (exact) mass is 368 g/mol. The minimum absolute atomic E-state index is 0.0102. The van der Waals surface area contributed by atoms with Crippen LogP contribution in [0, 0.1) is 20.8 Å². The molecular formula is C22H28N2O3. The second-order valence-electron chi connectivity index (χ2n) is 7.13. The Morgan fingerprint density at radius 1 is 1.00 bits per heavy atom. The van der Waals surface area contributed by atoms with Gasteiger partial charge in [0.2, 0.25) is 0 Å². The fraction of sp³-hybridized carbons (Fsp3) is 0.364. The van der Waals surface area contributed by atoms with Gasteiger partial charge in [-0.1, -0.05) is 18.2 Å². The predicted molar refractivity (Wildman–Crippen MR) is 108 cm³/mol. The summed E-state index contributed by atoms with van der Waals surface area (Å²) < 4.78 is 5.89. The first-order valence-electron chi connectivity index (χ1n) is 9.14. The first-order valence-corrected chi connectivity index (χ1v) is 9.14. The Kier molecular flexibility index (Phi) is 6.61. The largest absolute Gasteiger partial charge is 0.481 e. The van der Waals surface area contributed by atoms with Gasteiger partial charge in [-0.2, -0.15) is 0 Å². The van der Waals surface area contributed by atoms with Gasteiger partial charge in [0.1, 0.15) is 5.75 Å². The number of amides is 2. The van der Waals surface area contributed by atoms with Gasteiger partial charge in [-0.15, -0.1) is 0 Å². The molecule has 27 heavy (non-hydrogen) atoms. The normalized spacial score (nSPS) is 11.8. The number of benzene rings is 2. The molecule has 0 aliphatic heterocycles. The van der Waals surface area contributed by atoms with Crippen molar-refractivity contribution in [1.82, 2.24) is 5.32 Å². The molecule has 1 atom stereocenters.